The summed E-state index contributed by atoms with van der Waals surface area (Å²) in [7, 11) is 1.76. The van der Waals surface area contributed by atoms with Crippen LogP contribution < -0.4 is 10.1 Å². The van der Waals surface area contributed by atoms with Gasteiger partial charge in [0.15, 0.2) is 0 Å². The molecule has 1 fully saturated rings. The van der Waals surface area contributed by atoms with E-state index in [2.05, 4.69) is 52.1 Å². The minimum atomic E-state index is 0.452. The standard InChI is InChI=1S/C19H31NO/c1-13-7-12-17(14(2)18(13)21-6)20-16-10-8-15(9-11-16)19(3,4)5/h7,12,15-16,20H,8-11H2,1-6H3. The van der Waals surface area contributed by atoms with Crippen LogP contribution in [0.3, 0.4) is 0 Å². The minimum absolute atomic E-state index is 0.452. The Morgan fingerprint density at radius 1 is 1.05 bits per heavy atom. The summed E-state index contributed by atoms with van der Waals surface area (Å²) in [6, 6.07) is 4.95. The number of nitrogens with one attached hydrogen (secondary N) is 1. The molecule has 2 heteroatoms. The van der Waals surface area contributed by atoms with Crippen LogP contribution in [-0.4, -0.2) is 13.2 Å². The lowest BCUT2D eigenvalue weighted by Gasteiger charge is -2.37. The third-order valence-electron chi connectivity index (χ3n) is 5.12. The van der Waals surface area contributed by atoms with E-state index in [4.69, 9.17) is 4.74 Å². The zero-order chi connectivity index (χ0) is 15.6. The Morgan fingerprint density at radius 3 is 2.19 bits per heavy atom. The van der Waals surface area contributed by atoms with E-state index in [0.29, 0.717) is 11.5 Å². The van der Waals surface area contributed by atoms with Crippen molar-refractivity contribution in [3.8, 4) is 5.75 Å². The Morgan fingerprint density at radius 2 is 1.67 bits per heavy atom. The van der Waals surface area contributed by atoms with Gasteiger partial charge in [0.05, 0.1) is 7.11 Å². The number of hydrogen-bond acceptors (Lipinski definition) is 2. The molecule has 0 spiro atoms. The highest BCUT2D eigenvalue weighted by molar-refractivity contribution is 5.60. The second-order valence-corrected chi connectivity index (χ2v) is 7.65. The van der Waals surface area contributed by atoms with E-state index in [1.165, 1.54) is 42.5 Å². The van der Waals surface area contributed by atoms with Crippen LogP contribution in [0.25, 0.3) is 0 Å². The van der Waals surface area contributed by atoms with Gasteiger partial charge in [-0.05, 0) is 62.5 Å². The van der Waals surface area contributed by atoms with Crippen molar-refractivity contribution < 1.29 is 4.74 Å². The van der Waals surface area contributed by atoms with Crippen LogP contribution in [0.1, 0.15) is 57.6 Å². The Bertz CT molecular complexity index is 479. The number of anilines is 1. The lowest BCUT2D eigenvalue weighted by atomic mass is 9.71. The van der Waals surface area contributed by atoms with E-state index < -0.39 is 0 Å². The maximum absolute atomic E-state index is 5.53. The SMILES string of the molecule is COc1c(C)ccc(NC2CCC(C(C)(C)C)CC2)c1C. The monoisotopic (exact) mass is 289 g/mol. The summed E-state index contributed by atoms with van der Waals surface area (Å²) in [5.41, 5.74) is 4.12. The molecule has 0 heterocycles. The molecule has 0 radical (unpaired) electrons. The van der Waals surface area contributed by atoms with E-state index >= 15 is 0 Å². The van der Waals surface area contributed by atoms with Crippen molar-refractivity contribution >= 4 is 5.69 Å². The quantitative estimate of drug-likeness (QED) is 0.812. The molecule has 0 bridgehead atoms. The van der Waals surface area contributed by atoms with E-state index in [9.17, 15) is 0 Å². The number of hydrogen-bond donors (Lipinski definition) is 1. The largest absolute Gasteiger partial charge is 0.496 e. The van der Waals surface area contributed by atoms with E-state index in [-0.39, 0.29) is 0 Å². The van der Waals surface area contributed by atoms with Gasteiger partial charge in [-0.1, -0.05) is 26.8 Å². The molecular formula is C19H31NO. The van der Waals surface area contributed by atoms with Crippen molar-refractivity contribution in [2.45, 2.75) is 66.3 Å². The van der Waals surface area contributed by atoms with Crippen molar-refractivity contribution in [1.82, 2.24) is 0 Å². The Labute approximate surface area is 130 Å². The van der Waals surface area contributed by atoms with Gasteiger partial charge in [-0.3, -0.25) is 0 Å². The third-order valence-corrected chi connectivity index (χ3v) is 5.12. The molecule has 1 aromatic carbocycles. The van der Waals surface area contributed by atoms with Crippen LogP contribution in [-0.2, 0) is 0 Å². The van der Waals surface area contributed by atoms with Crippen molar-refractivity contribution in [3.63, 3.8) is 0 Å². The Balaban J connectivity index is 2.01. The fraction of sp³-hybridized carbons (Fsp3) is 0.684. The number of rotatable bonds is 3. The molecule has 118 valence electrons. The summed E-state index contributed by atoms with van der Waals surface area (Å²) in [6.45, 7) is 11.4. The molecule has 1 N–H and O–H groups in total. The van der Waals surface area contributed by atoms with Crippen LogP contribution >= 0.6 is 0 Å². The number of methoxy groups -OCH3 is 1. The van der Waals surface area contributed by atoms with Gasteiger partial charge in [0.25, 0.3) is 0 Å². The smallest absolute Gasteiger partial charge is 0.126 e. The average Bonchev–Trinajstić information content (AvgIpc) is 2.42. The van der Waals surface area contributed by atoms with Crippen molar-refractivity contribution in [1.29, 1.82) is 0 Å². The van der Waals surface area contributed by atoms with Crippen molar-refractivity contribution in [2.24, 2.45) is 11.3 Å². The molecule has 21 heavy (non-hydrogen) atoms. The summed E-state index contributed by atoms with van der Waals surface area (Å²) in [5.74, 6) is 1.88. The summed E-state index contributed by atoms with van der Waals surface area (Å²) < 4.78 is 5.53. The molecule has 0 atom stereocenters. The first-order chi connectivity index (χ1) is 9.82. The van der Waals surface area contributed by atoms with Gasteiger partial charge < -0.3 is 10.1 Å². The zero-order valence-corrected chi connectivity index (χ0v) is 14.5. The van der Waals surface area contributed by atoms with Gasteiger partial charge in [-0.15, -0.1) is 0 Å². The first-order valence-electron chi connectivity index (χ1n) is 8.23. The molecule has 0 aromatic heterocycles. The van der Waals surface area contributed by atoms with Crippen molar-refractivity contribution in [3.05, 3.63) is 23.3 Å². The predicted octanol–water partition coefficient (Wildman–Crippen LogP) is 5.33. The molecule has 0 unspecified atom stereocenters. The summed E-state index contributed by atoms with van der Waals surface area (Å²) in [4.78, 5) is 0. The van der Waals surface area contributed by atoms with Gasteiger partial charge in [0.2, 0.25) is 0 Å². The van der Waals surface area contributed by atoms with Gasteiger partial charge in [-0.25, -0.2) is 0 Å². The zero-order valence-electron chi connectivity index (χ0n) is 14.5. The topological polar surface area (TPSA) is 21.3 Å². The Kier molecular flexibility index (Phi) is 4.85. The van der Waals surface area contributed by atoms with Gasteiger partial charge in [0.1, 0.15) is 5.75 Å². The molecule has 0 saturated heterocycles. The fourth-order valence-electron chi connectivity index (χ4n) is 3.62. The number of benzene rings is 1. The number of aryl methyl sites for hydroxylation is 1. The highest BCUT2D eigenvalue weighted by atomic mass is 16.5. The molecule has 0 aliphatic heterocycles. The van der Waals surface area contributed by atoms with Crippen LogP contribution in [0.5, 0.6) is 5.75 Å². The second-order valence-electron chi connectivity index (χ2n) is 7.65. The summed E-state index contributed by atoms with van der Waals surface area (Å²) in [5, 5.41) is 3.74. The highest BCUT2D eigenvalue weighted by Crippen LogP contribution is 2.39. The number of ether oxygens (including phenoxy) is 1. The summed E-state index contributed by atoms with van der Waals surface area (Å²) in [6.07, 6.45) is 5.22. The van der Waals surface area contributed by atoms with Crippen LogP contribution in [0, 0.1) is 25.2 Å². The minimum Gasteiger partial charge on any atom is -0.496 e. The Hall–Kier alpha value is -1.18. The molecule has 1 saturated carbocycles. The van der Waals surface area contributed by atoms with E-state index in [1.807, 2.05) is 0 Å². The normalized spacial score (nSPS) is 23.0. The molecule has 1 aliphatic rings. The lowest BCUT2D eigenvalue weighted by molar-refractivity contribution is 0.173. The molecule has 1 aliphatic carbocycles. The maximum Gasteiger partial charge on any atom is 0.126 e. The van der Waals surface area contributed by atoms with Crippen LogP contribution in [0.2, 0.25) is 0 Å². The molecular weight excluding hydrogens is 258 g/mol. The van der Waals surface area contributed by atoms with E-state index in [1.54, 1.807) is 7.11 Å². The predicted molar refractivity (Wildman–Crippen MR) is 91.3 cm³/mol. The molecule has 2 nitrogen and oxygen atoms in total. The van der Waals surface area contributed by atoms with Gasteiger partial charge in [0, 0.05) is 17.3 Å². The average molecular weight is 289 g/mol. The molecule has 2 rings (SSSR count). The third kappa shape index (κ3) is 3.72. The first kappa shape index (κ1) is 16.2. The second kappa shape index (κ2) is 6.29. The molecule has 0 amide bonds. The fourth-order valence-corrected chi connectivity index (χ4v) is 3.62. The first-order valence-corrected chi connectivity index (χ1v) is 8.23. The van der Waals surface area contributed by atoms with Crippen LogP contribution in [0.4, 0.5) is 5.69 Å². The maximum atomic E-state index is 5.53. The highest BCUT2D eigenvalue weighted by Gasteiger charge is 2.29. The lowest BCUT2D eigenvalue weighted by Crippen LogP contribution is -2.31. The van der Waals surface area contributed by atoms with Crippen molar-refractivity contribution in [2.75, 3.05) is 12.4 Å². The van der Waals surface area contributed by atoms with Crippen LogP contribution in [0.15, 0.2) is 12.1 Å². The van der Waals surface area contributed by atoms with Gasteiger partial charge >= 0.3 is 0 Å². The molecule has 1 aromatic rings. The summed E-state index contributed by atoms with van der Waals surface area (Å²) >= 11 is 0. The van der Waals surface area contributed by atoms with E-state index in [0.717, 1.165) is 11.7 Å². The van der Waals surface area contributed by atoms with Gasteiger partial charge in [-0.2, -0.15) is 0 Å².